The Balaban J connectivity index is 1.80. The molecule has 4 rings (SSSR count). The van der Waals surface area contributed by atoms with E-state index in [2.05, 4.69) is 10.3 Å². The Bertz CT molecular complexity index is 943. The first-order chi connectivity index (χ1) is 12.1. The van der Waals surface area contributed by atoms with Crippen LogP contribution in [0.3, 0.4) is 0 Å². The van der Waals surface area contributed by atoms with Crippen LogP contribution in [0, 0.1) is 6.92 Å². The fraction of sp³-hybridized carbons (Fsp3) is 0.100. The number of hydrogen-bond acceptors (Lipinski definition) is 3. The molecule has 0 radical (unpaired) electrons. The predicted molar refractivity (Wildman–Crippen MR) is 100 cm³/mol. The molecule has 0 aliphatic carbocycles. The van der Waals surface area contributed by atoms with E-state index in [1.807, 2.05) is 55.5 Å². The van der Waals surface area contributed by atoms with Gasteiger partial charge >= 0.3 is 0 Å². The number of benzene rings is 2. The van der Waals surface area contributed by atoms with Crippen LogP contribution in [0.2, 0.25) is 5.02 Å². The zero-order chi connectivity index (χ0) is 17.4. The molecule has 4 nitrogen and oxygen atoms in total. The lowest BCUT2D eigenvalue weighted by Crippen LogP contribution is -2.32. The van der Waals surface area contributed by atoms with Crippen molar-refractivity contribution in [2.75, 3.05) is 10.2 Å². The molecule has 1 aliphatic heterocycles. The largest absolute Gasteiger partial charge is 0.359 e. The first-order valence-corrected chi connectivity index (χ1v) is 8.39. The van der Waals surface area contributed by atoms with E-state index in [9.17, 15) is 4.79 Å². The maximum Gasteiger partial charge on any atom is 0.262 e. The van der Waals surface area contributed by atoms with Crippen LogP contribution in [0.25, 0.3) is 0 Å². The molecule has 3 aromatic rings. The number of hydrogen-bond donors (Lipinski definition) is 1. The number of para-hydroxylation sites is 1. The molecular weight excluding hydrogens is 334 g/mol. The van der Waals surface area contributed by atoms with Crippen molar-refractivity contribution in [3.05, 3.63) is 88.7 Å². The number of nitrogens with zero attached hydrogens (tertiary/aromatic N) is 2. The van der Waals surface area contributed by atoms with Gasteiger partial charge in [0.2, 0.25) is 0 Å². The van der Waals surface area contributed by atoms with Gasteiger partial charge < -0.3 is 5.32 Å². The summed E-state index contributed by atoms with van der Waals surface area (Å²) in [5.74, 6) is -0.0740. The molecule has 0 saturated heterocycles. The van der Waals surface area contributed by atoms with Gasteiger partial charge in [-0.25, -0.2) is 0 Å². The van der Waals surface area contributed by atoms with Crippen LogP contribution in [0.1, 0.15) is 27.8 Å². The molecule has 2 heterocycles. The summed E-state index contributed by atoms with van der Waals surface area (Å²) in [7, 11) is 0. The number of halogens is 1. The molecule has 1 aromatic heterocycles. The van der Waals surface area contributed by atoms with Crippen LogP contribution in [0.5, 0.6) is 0 Å². The van der Waals surface area contributed by atoms with Gasteiger partial charge in [0.05, 0.1) is 22.0 Å². The molecule has 0 fully saturated rings. The normalized spacial score (nSPS) is 16.0. The van der Waals surface area contributed by atoms with Crippen molar-refractivity contribution in [1.29, 1.82) is 0 Å². The van der Waals surface area contributed by atoms with Gasteiger partial charge in [0.25, 0.3) is 5.91 Å². The highest BCUT2D eigenvalue weighted by molar-refractivity contribution is 6.33. The number of anilines is 2. The number of amides is 1. The van der Waals surface area contributed by atoms with Gasteiger partial charge in [0.1, 0.15) is 0 Å². The second-order valence-corrected chi connectivity index (χ2v) is 6.38. The van der Waals surface area contributed by atoms with Crippen molar-refractivity contribution >= 4 is 28.9 Å². The third kappa shape index (κ3) is 2.75. The van der Waals surface area contributed by atoms with Crippen molar-refractivity contribution in [2.45, 2.75) is 13.1 Å². The zero-order valence-corrected chi connectivity index (χ0v) is 14.4. The van der Waals surface area contributed by atoms with Gasteiger partial charge in [-0.05, 0) is 48.9 Å². The number of fused-ring (bicyclic) bond motifs is 1. The van der Waals surface area contributed by atoms with Crippen molar-refractivity contribution in [2.24, 2.45) is 0 Å². The lowest BCUT2D eigenvalue weighted by Gasteiger charge is -2.27. The number of carbonyl (C=O) groups excluding carboxylic acids is 1. The molecule has 2 aromatic carbocycles. The van der Waals surface area contributed by atoms with E-state index in [0.717, 1.165) is 16.9 Å². The smallest absolute Gasteiger partial charge is 0.262 e. The SMILES string of the molecule is Cc1ccc(N[C@@H]2c3ncccc3C(=O)N2c2ccccc2)c(Cl)c1. The Labute approximate surface area is 151 Å². The van der Waals surface area contributed by atoms with E-state index in [4.69, 9.17) is 11.6 Å². The molecule has 0 spiro atoms. The second kappa shape index (κ2) is 6.22. The minimum absolute atomic E-state index is 0.0740. The fourth-order valence-corrected chi connectivity index (χ4v) is 3.35. The molecule has 5 heteroatoms. The van der Waals surface area contributed by atoms with Gasteiger partial charge in [-0.1, -0.05) is 35.9 Å². The number of rotatable bonds is 3. The predicted octanol–water partition coefficient (Wildman–Crippen LogP) is 4.81. The second-order valence-electron chi connectivity index (χ2n) is 5.98. The Hall–Kier alpha value is -2.85. The van der Waals surface area contributed by atoms with E-state index in [1.54, 1.807) is 23.2 Å². The minimum atomic E-state index is -0.411. The van der Waals surface area contributed by atoms with Crippen molar-refractivity contribution < 1.29 is 4.79 Å². The van der Waals surface area contributed by atoms with Crippen LogP contribution in [-0.2, 0) is 0 Å². The quantitative estimate of drug-likeness (QED) is 0.737. The first kappa shape index (κ1) is 15.7. The molecule has 124 valence electrons. The Kier molecular flexibility index (Phi) is 3.90. The van der Waals surface area contributed by atoms with Gasteiger partial charge in [0, 0.05) is 11.9 Å². The number of carbonyl (C=O) groups is 1. The molecular formula is C20H16ClN3O. The van der Waals surface area contributed by atoms with Crippen molar-refractivity contribution in [3.63, 3.8) is 0 Å². The Morgan fingerprint density at radius 2 is 1.88 bits per heavy atom. The maximum atomic E-state index is 12.9. The highest BCUT2D eigenvalue weighted by Gasteiger charge is 2.39. The number of aromatic nitrogens is 1. The molecule has 25 heavy (non-hydrogen) atoms. The van der Waals surface area contributed by atoms with Crippen LogP contribution in [0.15, 0.2) is 66.9 Å². The number of aryl methyl sites for hydroxylation is 1. The van der Waals surface area contributed by atoms with Crippen LogP contribution >= 0.6 is 11.6 Å². The Morgan fingerprint density at radius 3 is 2.64 bits per heavy atom. The van der Waals surface area contributed by atoms with E-state index < -0.39 is 6.17 Å². The minimum Gasteiger partial charge on any atom is -0.359 e. The molecule has 1 atom stereocenters. The summed E-state index contributed by atoms with van der Waals surface area (Å²) >= 11 is 6.38. The van der Waals surface area contributed by atoms with Crippen molar-refractivity contribution in [1.82, 2.24) is 4.98 Å². The standard InChI is InChI=1S/C20H16ClN3O/c1-13-9-10-17(16(21)12-13)23-19-18-15(8-5-11-22-18)20(25)24(19)14-6-3-2-4-7-14/h2-12,19,23H,1H3/t19-/m0/s1. The summed E-state index contributed by atoms with van der Waals surface area (Å²) < 4.78 is 0. The molecule has 0 unspecified atom stereocenters. The molecule has 0 bridgehead atoms. The van der Waals surface area contributed by atoms with Crippen LogP contribution < -0.4 is 10.2 Å². The van der Waals surface area contributed by atoms with Gasteiger partial charge in [0.15, 0.2) is 6.17 Å². The van der Waals surface area contributed by atoms with Crippen LogP contribution in [-0.4, -0.2) is 10.9 Å². The summed E-state index contributed by atoms with van der Waals surface area (Å²) in [5, 5.41) is 4.00. The average Bonchev–Trinajstić information content (AvgIpc) is 2.91. The fourth-order valence-electron chi connectivity index (χ4n) is 3.06. The highest BCUT2D eigenvalue weighted by Crippen LogP contribution is 2.38. The van der Waals surface area contributed by atoms with Gasteiger partial charge in [-0.15, -0.1) is 0 Å². The third-order valence-corrected chi connectivity index (χ3v) is 4.57. The zero-order valence-electron chi connectivity index (χ0n) is 13.6. The topological polar surface area (TPSA) is 45.2 Å². The number of nitrogens with one attached hydrogen (secondary N) is 1. The lowest BCUT2D eigenvalue weighted by atomic mass is 10.2. The molecule has 1 N–H and O–H groups in total. The summed E-state index contributed by atoms with van der Waals surface area (Å²) in [5.41, 5.74) is 3.97. The molecule has 0 saturated carbocycles. The first-order valence-electron chi connectivity index (χ1n) is 8.01. The summed E-state index contributed by atoms with van der Waals surface area (Å²) in [6.45, 7) is 1.99. The van der Waals surface area contributed by atoms with Crippen LogP contribution in [0.4, 0.5) is 11.4 Å². The summed E-state index contributed by atoms with van der Waals surface area (Å²) in [4.78, 5) is 19.1. The molecule has 1 aliphatic rings. The van der Waals surface area contributed by atoms with Crippen molar-refractivity contribution in [3.8, 4) is 0 Å². The van der Waals surface area contributed by atoms with E-state index >= 15 is 0 Å². The van der Waals surface area contributed by atoms with E-state index in [1.165, 1.54) is 0 Å². The van der Waals surface area contributed by atoms with Gasteiger partial charge in [-0.3, -0.25) is 14.7 Å². The third-order valence-electron chi connectivity index (χ3n) is 4.26. The summed E-state index contributed by atoms with van der Waals surface area (Å²) in [6.07, 6.45) is 1.29. The monoisotopic (exact) mass is 349 g/mol. The number of pyridine rings is 1. The van der Waals surface area contributed by atoms with E-state index in [-0.39, 0.29) is 5.91 Å². The maximum absolute atomic E-state index is 12.9. The van der Waals surface area contributed by atoms with E-state index in [0.29, 0.717) is 16.3 Å². The summed E-state index contributed by atoms with van der Waals surface area (Å²) in [6, 6.07) is 19.0. The molecule has 1 amide bonds. The Morgan fingerprint density at radius 1 is 1.08 bits per heavy atom. The average molecular weight is 350 g/mol. The van der Waals surface area contributed by atoms with Gasteiger partial charge in [-0.2, -0.15) is 0 Å². The lowest BCUT2D eigenvalue weighted by molar-refractivity contribution is 0.0993. The highest BCUT2D eigenvalue weighted by atomic mass is 35.5.